The van der Waals surface area contributed by atoms with Crippen LogP contribution in [-0.2, 0) is 6.54 Å². The van der Waals surface area contributed by atoms with Crippen LogP contribution >= 0.6 is 0 Å². The highest BCUT2D eigenvalue weighted by Crippen LogP contribution is 2.23. The Morgan fingerprint density at radius 1 is 1.10 bits per heavy atom. The Bertz CT molecular complexity index is 687. The molecule has 1 N–H and O–H groups in total. The molecular weight excluding hydrogens is 253 g/mol. The Labute approximate surface area is 117 Å². The topological polar surface area (TPSA) is 25.2 Å². The highest BCUT2D eigenvalue weighted by Gasteiger charge is 2.11. The fourth-order valence-electron chi connectivity index (χ4n) is 2.22. The Hall–Kier alpha value is -2.13. The van der Waals surface area contributed by atoms with Gasteiger partial charge in [0, 0.05) is 17.5 Å². The molecule has 3 rings (SSSR count). The summed E-state index contributed by atoms with van der Waals surface area (Å²) in [6, 6.07) is 16.8. The van der Waals surface area contributed by atoms with E-state index in [0.717, 1.165) is 16.7 Å². The first-order valence-electron chi connectivity index (χ1n) is 6.69. The van der Waals surface area contributed by atoms with Crippen molar-refractivity contribution >= 4 is 11.0 Å². The molecule has 2 nitrogen and oxygen atoms in total. The van der Waals surface area contributed by atoms with Gasteiger partial charge in [-0.15, -0.1) is 0 Å². The molecule has 1 aromatic heterocycles. The van der Waals surface area contributed by atoms with Gasteiger partial charge >= 0.3 is 0 Å². The van der Waals surface area contributed by atoms with Gasteiger partial charge in [-0.1, -0.05) is 36.4 Å². The second-order valence-corrected chi connectivity index (χ2v) is 4.88. The summed E-state index contributed by atoms with van der Waals surface area (Å²) in [4.78, 5) is 0. The molecule has 1 unspecified atom stereocenters. The molecule has 0 aliphatic carbocycles. The molecule has 3 heteroatoms. The summed E-state index contributed by atoms with van der Waals surface area (Å²) in [5, 5.41) is 4.37. The molecular formula is C17H16FNO. The number of fused-ring (bicyclic) bond motifs is 1. The summed E-state index contributed by atoms with van der Waals surface area (Å²) in [5.74, 6) is 0.680. The number of benzene rings is 2. The highest BCUT2D eigenvalue weighted by molar-refractivity contribution is 5.77. The molecule has 0 radical (unpaired) electrons. The quantitative estimate of drug-likeness (QED) is 0.758. The first-order chi connectivity index (χ1) is 9.74. The van der Waals surface area contributed by atoms with E-state index in [1.54, 1.807) is 12.1 Å². The lowest BCUT2D eigenvalue weighted by Gasteiger charge is -2.11. The van der Waals surface area contributed by atoms with Crippen molar-refractivity contribution in [3.63, 3.8) is 0 Å². The zero-order valence-electron chi connectivity index (χ0n) is 11.3. The predicted molar refractivity (Wildman–Crippen MR) is 77.9 cm³/mol. The van der Waals surface area contributed by atoms with Crippen molar-refractivity contribution in [2.45, 2.75) is 19.5 Å². The van der Waals surface area contributed by atoms with Crippen molar-refractivity contribution in [1.82, 2.24) is 5.32 Å². The summed E-state index contributed by atoms with van der Waals surface area (Å²) in [6.45, 7) is 2.49. The third-order valence-corrected chi connectivity index (χ3v) is 3.43. The van der Waals surface area contributed by atoms with E-state index in [1.807, 2.05) is 43.3 Å². The number of hydrogen-bond acceptors (Lipinski definition) is 2. The van der Waals surface area contributed by atoms with E-state index in [9.17, 15) is 4.39 Å². The van der Waals surface area contributed by atoms with Gasteiger partial charge in [0.25, 0.3) is 0 Å². The number of nitrogens with one attached hydrogen (secondary N) is 1. The maximum Gasteiger partial charge on any atom is 0.134 e. The van der Waals surface area contributed by atoms with Crippen molar-refractivity contribution in [1.29, 1.82) is 0 Å². The first-order valence-corrected chi connectivity index (χ1v) is 6.69. The first kappa shape index (κ1) is 12.9. The van der Waals surface area contributed by atoms with Gasteiger partial charge in [0.15, 0.2) is 0 Å². The van der Waals surface area contributed by atoms with Crippen molar-refractivity contribution in [2.24, 2.45) is 0 Å². The van der Waals surface area contributed by atoms with E-state index >= 15 is 0 Å². The summed E-state index contributed by atoms with van der Waals surface area (Å²) < 4.78 is 19.3. The van der Waals surface area contributed by atoms with E-state index in [0.29, 0.717) is 12.1 Å². The van der Waals surface area contributed by atoms with Gasteiger partial charge < -0.3 is 9.73 Å². The Balaban J connectivity index is 1.73. The highest BCUT2D eigenvalue weighted by atomic mass is 19.1. The second kappa shape index (κ2) is 5.47. The van der Waals surface area contributed by atoms with Gasteiger partial charge in [-0.25, -0.2) is 4.39 Å². The molecule has 3 aromatic rings. The summed E-state index contributed by atoms with van der Waals surface area (Å²) >= 11 is 0. The third-order valence-electron chi connectivity index (χ3n) is 3.43. The van der Waals surface area contributed by atoms with Crippen LogP contribution in [-0.4, -0.2) is 0 Å². The Morgan fingerprint density at radius 2 is 1.85 bits per heavy atom. The fourth-order valence-corrected chi connectivity index (χ4v) is 2.22. The minimum Gasteiger partial charge on any atom is -0.459 e. The predicted octanol–water partition coefficient (Wildman–Crippen LogP) is 4.42. The van der Waals surface area contributed by atoms with Gasteiger partial charge in [-0.2, -0.15) is 0 Å². The number of halogens is 1. The number of rotatable bonds is 4. The summed E-state index contributed by atoms with van der Waals surface area (Å²) in [6.07, 6.45) is 0. The lowest BCUT2D eigenvalue weighted by atomic mass is 10.2. The maximum absolute atomic E-state index is 13.5. The van der Waals surface area contributed by atoms with E-state index in [2.05, 4.69) is 5.32 Å². The van der Waals surface area contributed by atoms with Crippen LogP contribution in [0.25, 0.3) is 11.0 Å². The molecule has 0 saturated heterocycles. The van der Waals surface area contributed by atoms with Gasteiger partial charge in [0.2, 0.25) is 0 Å². The number of para-hydroxylation sites is 1. The lowest BCUT2D eigenvalue weighted by Crippen LogP contribution is -2.18. The van der Waals surface area contributed by atoms with E-state index in [1.165, 1.54) is 6.07 Å². The Morgan fingerprint density at radius 3 is 2.65 bits per heavy atom. The molecule has 0 spiro atoms. The Kier molecular flexibility index (Phi) is 3.52. The maximum atomic E-state index is 13.5. The molecule has 0 aliphatic heterocycles. The van der Waals surface area contributed by atoms with E-state index in [-0.39, 0.29) is 11.9 Å². The average molecular weight is 269 g/mol. The molecule has 1 atom stereocenters. The molecule has 20 heavy (non-hydrogen) atoms. The minimum absolute atomic E-state index is 0.0296. The van der Waals surface area contributed by atoms with E-state index in [4.69, 9.17) is 4.42 Å². The van der Waals surface area contributed by atoms with Gasteiger partial charge in [0.05, 0.1) is 6.04 Å². The fraction of sp³-hybridized carbons (Fsp3) is 0.176. The standard InChI is InChI=1S/C17H16FNO/c1-12(19-11-14-7-2-4-8-15(14)18)17-10-13-6-3-5-9-16(13)20-17/h2-10,12,19H,11H2,1H3. The summed E-state index contributed by atoms with van der Waals surface area (Å²) in [7, 11) is 0. The molecule has 0 amide bonds. The van der Waals surface area contributed by atoms with Crippen LogP contribution in [0.2, 0.25) is 0 Å². The van der Waals surface area contributed by atoms with Crippen molar-refractivity contribution in [2.75, 3.05) is 0 Å². The second-order valence-electron chi connectivity index (χ2n) is 4.88. The molecule has 102 valence electrons. The summed E-state index contributed by atoms with van der Waals surface area (Å²) in [5.41, 5.74) is 1.54. The van der Waals surface area contributed by atoms with Crippen molar-refractivity contribution in [3.05, 3.63) is 71.7 Å². The van der Waals surface area contributed by atoms with Crippen LogP contribution in [0.15, 0.2) is 59.0 Å². The van der Waals surface area contributed by atoms with Crippen LogP contribution in [0.1, 0.15) is 24.3 Å². The largest absolute Gasteiger partial charge is 0.459 e. The van der Waals surface area contributed by atoms with Crippen molar-refractivity contribution in [3.8, 4) is 0 Å². The van der Waals surface area contributed by atoms with Crippen molar-refractivity contribution < 1.29 is 8.81 Å². The lowest BCUT2D eigenvalue weighted by molar-refractivity contribution is 0.446. The third kappa shape index (κ3) is 2.58. The monoisotopic (exact) mass is 269 g/mol. The molecule has 0 aliphatic rings. The molecule has 0 saturated carbocycles. The van der Waals surface area contributed by atoms with Gasteiger partial charge in [-0.3, -0.25) is 0 Å². The van der Waals surface area contributed by atoms with Gasteiger partial charge in [-0.05, 0) is 25.1 Å². The van der Waals surface area contributed by atoms with Crippen LogP contribution in [0.5, 0.6) is 0 Å². The smallest absolute Gasteiger partial charge is 0.134 e. The van der Waals surface area contributed by atoms with Crippen LogP contribution in [0.3, 0.4) is 0 Å². The average Bonchev–Trinajstić information content (AvgIpc) is 2.90. The van der Waals surface area contributed by atoms with Gasteiger partial charge in [0.1, 0.15) is 17.2 Å². The molecule has 0 bridgehead atoms. The zero-order valence-corrected chi connectivity index (χ0v) is 11.3. The number of hydrogen-bond donors (Lipinski definition) is 1. The van der Waals surface area contributed by atoms with Crippen LogP contribution < -0.4 is 5.32 Å². The molecule has 2 aromatic carbocycles. The van der Waals surface area contributed by atoms with E-state index < -0.39 is 0 Å². The minimum atomic E-state index is -0.184. The van der Waals surface area contributed by atoms with Crippen LogP contribution in [0, 0.1) is 5.82 Å². The normalized spacial score (nSPS) is 12.7. The molecule has 1 heterocycles. The zero-order chi connectivity index (χ0) is 13.9. The SMILES string of the molecule is CC(NCc1ccccc1F)c1cc2ccccc2o1. The molecule has 0 fully saturated rings. The van der Waals surface area contributed by atoms with Crippen LogP contribution in [0.4, 0.5) is 4.39 Å². The number of furan rings is 1.